The predicted octanol–water partition coefficient (Wildman–Crippen LogP) is 19.3. The van der Waals surface area contributed by atoms with Gasteiger partial charge in [-0.25, -0.2) is 0 Å². The molecular formula is C60H110O6. The molecule has 0 radical (unpaired) electrons. The van der Waals surface area contributed by atoms with Gasteiger partial charge in [0.1, 0.15) is 13.2 Å². The fraction of sp³-hybridized carbons (Fsp3) is 0.850. The molecule has 0 aromatic heterocycles. The largest absolute Gasteiger partial charge is 0.462 e. The topological polar surface area (TPSA) is 78.9 Å². The molecule has 1 atom stereocenters. The fourth-order valence-corrected chi connectivity index (χ4v) is 8.47. The van der Waals surface area contributed by atoms with Crippen molar-refractivity contribution >= 4 is 17.9 Å². The monoisotopic (exact) mass is 927 g/mol. The third-order valence-corrected chi connectivity index (χ3v) is 12.9. The quantitative estimate of drug-likeness (QED) is 0.0262. The summed E-state index contributed by atoms with van der Waals surface area (Å²) in [5.74, 6) is -0.864. The number of allylic oxidation sites excluding steroid dienone is 6. The maximum Gasteiger partial charge on any atom is 0.306 e. The number of rotatable bonds is 53. The second-order valence-electron chi connectivity index (χ2n) is 19.6. The van der Waals surface area contributed by atoms with Crippen LogP contribution in [-0.4, -0.2) is 37.2 Å². The third kappa shape index (κ3) is 52.6. The summed E-state index contributed by atoms with van der Waals surface area (Å²) in [6.07, 6.45) is 65.6. The number of hydrogen-bond acceptors (Lipinski definition) is 6. The summed E-state index contributed by atoms with van der Waals surface area (Å²) in [5, 5.41) is 0. The standard InChI is InChI=1S/C60H110O6/c1-4-7-10-13-16-19-22-25-27-29-30-32-34-36-39-41-44-47-50-53-59(62)65-56-57(66-60(63)54-51-48-45-42-37-24-21-18-15-12-9-6-3)55-64-58(61)52-49-46-43-40-38-35-33-31-28-26-23-20-17-14-11-8-5-2/h16,19,25-28,57H,4-15,17-18,20-24,29-56H2,1-3H3/b19-16-,27-25-,28-26-/t57-/m0/s1. The highest BCUT2D eigenvalue weighted by Gasteiger charge is 2.19. The molecule has 0 aliphatic rings. The zero-order valence-corrected chi connectivity index (χ0v) is 44.2. The van der Waals surface area contributed by atoms with Gasteiger partial charge in [-0.3, -0.25) is 14.4 Å². The molecule has 0 heterocycles. The zero-order valence-electron chi connectivity index (χ0n) is 44.2. The van der Waals surface area contributed by atoms with Crippen LogP contribution in [-0.2, 0) is 28.6 Å². The second-order valence-corrected chi connectivity index (χ2v) is 19.6. The van der Waals surface area contributed by atoms with Gasteiger partial charge in [-0.1, -0.05) is 250 Å². The first-order chi connectivity index (χ1) is 32.5. The van der Waals surface area contributed by atoms with Gasteiger partial charge in [-0.05, 0) is 77.0 Å². The van der Waals surface area contributed by atoms with E-state index in [-0.39, 0.29) is 31.1 Å². The van der Waals surface area contributed by atoms with Gasteiger partial charge >= 0.3 is 17.9 Å². The smallest absolute Gasteiger partial charge is 0.306 e. The van der Waals surface area contributed by atoms with Gasteiger partial charge in [-0.2, -0.15) is 0 Å². The van der Waals surface area contributed by atoms with Crippen LogP contribution in [0.5, 0.6) is 0 Å². The van der Waals surface area contributed by atoms with E-state index in [1.807, 2.05) is 0 Å². The summed E-state index contributed by atoms with van der Waals surface area (Å²) in [4.78, 5) is 38.1. The molecule has 0 aromatic carbocycles. The van der Waals surface area contributed by atoms with E-state index in [0.29, 0.717) is 19.3 Å². The van der Waals surface area contributed by atoms with Crippen LogP contribution in [0.1, 0.15) is 310 Å². The third-order valence-electron chi connectivity index (χ3n) is 12.9. The molecule has 0 aliphatic heterocycles. The molecule has 0 rings (SSSR count). The Morgan fingerprint density at radius 1 is 0.303 bits per heavy atom. The van der Waals surface area contributed by atoms with Crippen molar-refractivity contribution in [3.63, 3.8) is 0 Å². The van der Waals surface area contributed by atoms with E-state index in [0.717, 1.165) is 64.2 Å². The van der Waals surface area contributed by atoms with E-state index in [2.05, 4.69) is 57.2 Å². The molecule has 0 amide bonds. The minimum Gasteiger partial charge on any atom is -0.462 e. The van der Waals surface area contributed by atoms with Gasteiger partial charge in [0.25, 0.3) is 0 Å². The lowest BCUT2D eigenvalue weighted by atomic mass is 10.0. The Balaban J connectivity index is 4.31. The van der Waals surface area contributed by atoms with Crippen molar-refractivity contribution < 1.29 is 28.6 Å². The molecule has 6 heteroatoms. The maximum absolute atomic E-state index is 12.8. The molecule has 386 valence electrons. The molecule has 0 saturated carbocycles. The van der Waals surface area contributed by atoms with E-state index in [4.69, 9.17) is 14.2 Å². The molecule has 0 aliphatic carbocycles. The van der Waals surface area contributed by atoms with Crippen LogP contribution in [0.4, 0.5) is 0 Å². The Morgan fingerprint density at radius 3 is 0.879 bits per heavy atom. The van der Waals surface area contributed by atoms with Crippen LogP contribution in [0, 0.1) is 0 Å². The number of carbonyl (C=O) groups excluding carboxylic acids is 3. The van der Waals surface area contributed by atoms with Gasteiger partial charge in [0.2, 0.25) is 0 Å². The maximum atomic E-state index is 12.8. The zero-order chi connectivity index (χ0) is 47.9. The van der Waals surface area contributed by atoms with E-state index in [1.165, 1.54) is 205 Å². The molecule has 0 N–H and O–H groups in total. The highest BCUT2D eigenvalue weighted by molar-refractivity contribution is 5.71. The summed E-state index contributed by atoms with van der Waals surface area (Å²) < 4.78 is 16.9. The van der Waals surface area contributed by atoms with Gasteiger partial charge in [0.05, 0.1) is 0 Å². The lowest BCUT2D eigenvalue weighted by molar-refractivity contribution is -0.167. The predicted molar refractivity (Wildman–Crippen MR) is 284 cm³/mol. The van der Waals surface area contributed by atoms with Crippen molar-refractivity contribution in [2.45, 2.75) is 316 Å². The molecule has 6 nitrogen and oxygen atoms in total. The Bertz CT molecular complexity index is 1110. The number of ether oxygens (including phenoxy) is 3. The SMILES string of the molecule is CCCCC/C=C\C/C=C\CCCCCCCCCCCC(=O)OC[C@H](COC(=O)CCCCCCCCC/C=C\CCCCCCCC)OC(=O)CCCCCCCCCCCCCC. The van der Waals surface area contributed by atoms with Crippen molar-refractivity contribution in [3.8, 4) is 0 Å². The number of esters is 3. The lowest BCUT2D eigenvalue weighted by Gasteiger charge is -2.18. The number of unbranched alkanes of at least 4 members (excludes halogenated alkanes) is 36. The van der Waals surface area contributed by atoms with E-state index in [1.54, 1.807) is 0 Å². The second kappa shape index (κ2) is 55.2. The van der Waals surface area contributed by atoms with Crippen LogP contribution in [0.3, 0.4) is 0 Å². The summed E-state index contributed by atoms with van der Waals surface area (Å²) >= 11 is 0. The summed E-state index contributed by atoms with van der Waals surface area (Å²) in [6, 6.07) is 0. The number of hydrogen-bond donors (Lipinski definition) is 0. The summed E-state index contributed by atoms with van der Waals surface area (Å²) in [5.41, 5.74) is 0. The first kappa shape index (κ1) is 63.6. The highest BCUT2D eigenvalue weighted by Crippen LogP contribution is 2.16. The Morgan fingerprint density at radius 2 is 0.545 bits per heavy atom. The van der Waals surface area contributed by atoms with Gasteiger partial charge < -0.3 is 14.2 Å². The molecule has 66 heavy (non-hydrogen) atoms. The average Bonchev–Trinajstić information content (AvgIpc) is 3.31. The van der Waals surface area contributed by atoms with Crippen LogP contribution in [0.25, 0.3) is 0 Å². The molecular weight excluding hydrogens is 817 g/mol. The highest BCUT2D eigenvalue weighted by atomic mass is 16.6. The Kier molecular flexibility index (Phi) is 53.2. The van der Waals surface area contributed by atoms with Crippen molar-refractivity contribution in [1.29, 1.82) is 0 Å². The molecule has 0 fully saturated rings. The van der Waals surface area contributed by atoms with Gasteiger partial charge in [-0.15, -0.1) is 0 Å². The molecule has 0 spiro atoms. The lowest BCUT2D eigenvalue weighted by Crippen LogP contribution is -2.30. The molecule has 0 bridgehead atoms. The molecule has 0 saturated heterocycles. The minimum absolute atomic E-state index is 0.0722. The van der Waals surface area contributed by atoms with E-state index >= 15 is 0 Å². The Hall–Kier alpha value is -2.37. The van der Waals surface area contributed by atoms with Crippen molar-refractivity contribution in [1.82, 2.24) is 0 Å². The Labute approximate surface area is 410 Å². The van der Waals surface area contributed by atoms with Crippen LogP contribution < -0.4 is 0 Å². The normalized spacial score (nSPS) is 12.2. The average molecular weight is 928 g/mol. The van der Waals surface area contributed by atoms with Gasteiger partial charge in [0.15, 0.2) is 6.10 Å². The number of carbonyl (C=O) groups is 3. The van der Waals surface area contributed by atoms with Crippen LogP contribution in [0.2, 0.25) is 0 Å². The summed E-state index contributed by atoms with van der Waals surface area (Å²) in [7, 11) is 0. The summed E-state index contributed by atoms with van der Waals surface area (Å²) in [6.45, 7) is 6.64. The molecule has 0 aromatic rings. The first-order valence-corrected chi connectivity index (χ1v) is 29.0. The van der Waals surface area contributed by atoms with Crippen molar-refractivity contribution in [2.75, 3.05) is 13.2 Å². The van der Waals surface area contributed by atoms with E-state index in [9.17, 15) is 14.4 Å². The van der Waals surface area contributed by atoms with Crippen molar-refractivity contribution in [2.24, 2.45) is 0 Å². The van der Waals surface area contributed by atoms with Crippen LogP contribution >= 0.6 is 0 Å². The fourth-order valence-electron chi connectivity index (χ4n) is 8.47. The van der Waals surface area contributed by atoms with E-state index < -0.39 is 6.10 Å². The first-order valence-electron chi connectivity index (χ1n) is 29.0. The van der Waals surface area contributed by atoms with Crippen molar-refractivity contribution in [3.05, 3.63) is 36.5 Å². The minimum atomic E-state index is -0.772. The van der Waals surface area contributed by atoms with Gasteiger partial charge in [0, 0.05) is 19.3 Å². The van der Waals surface area contributed by atoms with Crippen LogP contribution in [0.15, 0.2) is 36.5 Å². The molecule has 0 unspecified atom stereocenters.